The summed E-state index contributed by atoms with van der Waals surface area (Å²) in [5, 5.41) is 8.52. The highest BCUT2D eigenvalue weighted by atomic mass is 16.4. The quantitative estimate of drug-likeness (QED) is 0.612. The molecule has 1 unspecified atom stereocenters. The van der Waals surface area contributed by atoms with Gasteiger partial charge in [-0.2, -0.15) is 0 Å². The van der Waals surface area contributed by atoms with E-state index < -0.39 is 12.0 Å². The van der Waals surface area contributed by atoms with E-state index in [1.807, 2.05) is 30.3 Å². The van der Waals surface area contributed by atoms with E-state index in [-0.39, 0.29) is 8.41 Å². The molecule has 1 aromatic rings. The molecule has 0 aliphatic rings. The molecule has 0 fully saturated rings. The molecule has 4 heteroatoms. The van der Waals surface area contributed by atoms with Gasteiger partial charge in [0.2, 0.25) is 0 Å². The smallest absolute Gasteiger partial charge is 0.320 e. The summed E-state index contributed by atoms with van der Waals surface area (Å²) in [6.45, 7) is 0. The lowest BCUT2D eigenvalue weighted by Gasteiger charge is -2.04. The van der Waals surface area contributed by atoms with Crippen LogP contribution in [0.3, 0.4) is 0 Å². The molecule has 0 heterocycles. The first-order valence-electron chi connectivity index (χ1n) is 3.72. The highest BCUT2D eigenvalue weighted by Crippen LogP contribution is 2.01. The van der Waals surface area contributed by atoms with Gasteiger partial charge in [-0.1, -0.05) is 30.3 Å². The summed E-state index contributed by atoms with van der Waals surface area (Å²) in [6.07, 6.45) is 0.385. The number of carboxylic acids is 1. The number of aliphatic carboxylic acids is 1. The fourth-order valence-corrected chi connectivity index (χ4v) is 0.955. The number of hydrogen-bond acceptors (Lipinski definition) is 2. The van der Waals surface area contributed by atoms with Gasteiger partial charge in [0, 0.05) is 0 Å². The first-order chi connectivity index (χ1) is 5.70. The Hall–Kier alpha value is -1.29. The summed E-state index contributed by atoms with van der Waals surface area (Å²) in [6, 6.07) is 8.54. The number of hydrogen-bond donors (Lipinski definition) is 2. The van der Waals surface area contributed by atoms with Gasteiger partial charge in [-0.25, -0.2) is 0 Å². The molecular formula is C9H14BNO2. The van der Waals surface area contributed by atoms with Gasteiger partial charge >= 0.3 is 5.97 Å². The second-order valence-electron chi connectivity index (χ2n) is 2.63. The molecule has 0 aromatic heterocycles. The van der Waals surface area contributed by atoms with Crippen LogP contribution in [0.4, 0.5) is 0 Å². The maximum absolute atomic E-state index is 10.4. The molecular weight excluding hydrogens is 165 g/mol. The van der Waals surface area contributed by atoms with Gasteiger partial charge in [-0.3, -0.25) is 4.79 Å². The summed E-state index contributed by atoms with van der Waals surface area (Å²) in [5.41, 5.74) is 6.30. The molecule has 1 rings (SSSR count). The predicted octanol–water partition coefficient (Wildman–Crippen LogP) is -0.543. The minimum Gasteiger partial charge on any atom is -0.480 e. The van der Waals surface area contributed by atoms with Gasteiger partial charge in [0.1, 0.15) is 6.04 Å². The number of nitrogens with two attached hydrogens (primary N) is 1. The monoisotopic (exact) mass is 179 g/mol. The highest BCUT2D eigenvalue weighted by molar-refractivity contribution is 5.75. The third kappa shape index (κ3) is 3.76. The molecule has 1 atom stereocenters. The van der Waals surface area contributed by atoms with Gasteiger partial charge < -0.3 is 10.8 Å². The van der Waals surface area contributed by atoms with Crippen LogP contribution in [0.15, 0.2) is 30.3 Å². The second-order valence-corrected chi connectivity index (χ2v) is 2.63. The predicted molar refractivity (Wildman–Crippen MR) is 55.7 cm³/mol. The Balaban J connectivity index is 0.00000144. The average molecular weight is 179 g/mol. The topological polar surface area (TPSA) is 63.3 Å². The number of carboxylic acid groups (broad SMARTS) is 1. The van der Waals surface area contributed by atoms with E-state index in [1.165, 1.54) is 0 Å². The van der Waals surface area contributed by atoms with Crippen molar-refractivity contribution in [3.8, 4) is 0 Å². The van der Waals surface area contributed by atoms with Crippen molar-refractivity contribution in [2.24, 2.45) is 5.73 Å². The van der Waals surface area contributed by atoms with E-state index in [1.54, 1.807) is 0 Å². The molecule has 0 amide bonds. The maximum atomic E-state index is 10.4. The van der Waals surface area contributed by atoms with Crippen LogP contribution in [0.2, 0.25) is 0 Å². The molecule has 1 aromatic carbocycles. The third-order valence-electron chi connectivity index (χ3n) is 1.62. The molecule has 0 aliphatic heterocycles. The molecule has 70 valence electrons. The van der Waals surface area contributed by atoms with Gasteiger partial charge in [0.15, 0.2) is 0 Å². The first kappa shape index (κ1) is 11.7. The Kier molecular flexibility index (Phi) is 4.84. The van der Waals surface area contributed by atoms with Gasteiger partial charge in [-0.15, -0.1) is 0 Å². The molecule has 13 heavy (non-hydrogen) atoms. The standard InChI is InChI=1S/C9H11NO2.BH3/c10-8(9(11)12)6-7-4-2-1-3-5-7;/h1-5,8H,6,10H2,(H,11,12);1H3. The van der Waals surface area contributed by atoms with E-state index in [0.29, 0.717) is 6.42 Å². The van der Waals surface area contributed by atoms with Crippen molar-refractivity contribution in [1.82, 2.24) is 0 Å². The van der Waals surface area contributed by atoms with Gasteiger partial charge in [0.25, 0.3) is 0 Å². The van der Waals surface area contributed by atoms with Crippen LogP contribution < -0.4 is 5.73 Å². The Morgan fingerprint density at radius 2 is 1.92 bits per heavy atom. The molecule has 3 nitrogen and oxygen atoms in total. The van der Waals surface area contributed by atoms with Crippen molar-refractivity contribution in [3.63, 3.8) is 0 Å². The van der Waals surface area contributed by atoms with E-state index in [0.717, 1.165) is 5.56 Å². The summed E-state index contributed by atoms with van der Waals surface area (Å²) in [5.74, 6) is -0.959. The lowest BCUT2D eigenvalue weighted by Crippen LogP contribution is -2.32. The molecule has 0 saturated heterocycles. The van der Waals surface area contributed by atoms with E-state index in [4.69, 9.17) is 10.8 Å². The van der Waals surface area contributed by atoms with Crippen molar-refractivity contribution < 1.29 is 9.90 Å². The fourth-order valence-electron chi connectivity index (χ4n) is 0.955. The maximum Gasteiger partial charge on any atom is 0.320 e. The van der Waals surface area contributed by atoms with Crippen molar-refractivity contribution in [3.05, 3.63) is 35.9 Å². The molecule has 0 bridgehead atoms. The molecule has 0 saturated carbocycles. The Morgan fingerprint density at radius 3 is 2.38 bits per heavy atom. The minimum absolute atomic E-state index is 0. The highest BCUT2D eigenvalue weighted by Gasteiger charge is 2.10. The van der Waals surface area contributed by atoms with Crippen LogP contribution in [-0.4, -0.2) is 25.5 Å². The third-order valence-corrected chi connectivity index (χ3v) is 1.62. The van der Waals surface area contributed by atoms with Crippen molar-refractivity contribution in [1.29, 1.82) is 0 Å². The summed E-state index contributed by atoms with van der Waals surface area (Å²) in [7, 11) is 0. The Labute approximate surface area is 79.1 Å². The van der Waals surface area contributed by atoms with Crippen molar-refractivity contribution >= 4 is 14.4 Å². The van der Waals surface area contributed by atoms with Crippen molar-refractivity contribution in [2.45, 2.75) is 12.5 Å². The zero-order valence-corrected chi connectivity index (χ0v) is 6.60. The summed E-state index contributed by atoms with van der Waals surface area (Å²) in [4.78, 5) is 10.4. The zero-order chi connectivity index (χ0) is 8.97. The molecule has 0 aliphatic carbocycles. The number of carbonyl (C=O) groups is 1. The number of benzene rings is 1. The lowest BCUT2D eigenvalue weighted by molar-refractivity contribution is -0.138. The van der Waals surface area contributed by atoms with Gasteiger partial charge in [-0.05, 0) is 12.0 Å². The number of rotatable bonds is 3. The fraction of sp³-hybridized carbons (Fsp3) is 0.222. The lowest BCUT2D eigenvalue weighted by atomic mass is 10.1. The normalized spacial score (nSPS) is 11.5. The summed E-state index contributed by atoms with van der Waals surface area (Å²) >= 11 is 0. The average Bonchev–Trinajstić information content (AvgIpc) is 2.06. The van der Waals surface area contributed by atoms with Crippen molar-refractivity contribution in [2.75, 3.05) is 0 Å². The van der Waals surface area contributed by atoms with Crippen LogP contribution in [0.5, 0.6) is 0 Å². The molecule has 3 N–H and O–H groups in total. The van der Waals surface area contributed by atoms with Crippen LogP contribution in [0, 0.1) is 0 Å². The largest absolute Gasteiger partial charge is 0.480 e. The first-order valence-corrected chi connectivity index (χ1v) is 3.72. The minimum atomic E-state index is -0.959. The SMILES string of the molecule is B.NC(Cc1ccccc1)C(=O)O. The van der Waals surface area contributed by atoms with E-state index in [2.05, 4.69) is 0 Å². The van der Waals surface area contributed by atoms with Crippen LogP contribution in [-0.2, 0) is 11.2 Å². The van der Waals surface area contributed by atoms with Crippen LogP contribution in [0.1, 0.15) is 5.56 Å². The van der Waals surface area contributed by atoms with E-state index in [9.17, 15) is 4.79 Å². The van der Waals surface area contributed by atoms with Crippen LogP contribution in [0.25, 0.3) is 0 Å². The Morgan fingerprint density at radius 1 is 1.38 bits per heavy atom. The van der Waals surface area contributed by atoms with E-state index >= 15 is 0 Å². The summed E-state index contributed by atoms with van der Waals surface area (Å²) < 4.78 is 0. The zero-order valence-electron chi connectivity index (χ0n) is 6.60. The Bertz CT molecular complexity index is 264. The van der Waals surface area contributed by atoms with Gasteiger partial charge in [0.05, 0.1) is 8.41 Å². The van der Waals surface area contributed by atoms with Crippen LogP contribution >= 0.6 is 0 Å². The molecule has 0 spiro atoms. The second kappa shape index (κ2) is 5.38. The molecule has 0 radical (unpaired) electrons.